The smallest absolute Gasteiger partial charge is 0.305 e. The lowest BCUT2D eigenvalue weighted by Crippen LogP contribution is -2.05. The van der Waals surface area contributed by atoms with Crippen LogP contribution in [0.5, 0.6) is 0 Å². The van der Waals surface area contributed by atoms with Gasteiger partial charge in [0.1, 0.15) is 6.54 Å². The fourth-order valence-electron chi connectivity index (χ4n) is 1.47. The average molecular weight is 223 g/mol. The van der Waals surface area contributed by atoms with E-state index in [1.165, 1.54) is 0 Å². The number of nitrogens with zero attached hydrogens (tertiary/aromatic N) is 2. The second-order valence-electron chi connectivity index (χ2n) is 3.13. The minimum atomic E-state index is -0.701. The molecule has 0 aliphatic rings. The van der Waals surface area contributed by atoms with Crippen molar-refractivity contribution in [2.45, 2.75) is 6.54 Å². The van der Waals surface area contributed by atoms with Gasteiger partial charge in [-0.3, -0.25) is 4.79 Å². The molecule has 5 heteroatoms. The van der Waals surface area contributed by atoms with Crippen LogP contribution in [0.15, 0.2) is 35.6 Å². The van der Waals surface area contributed by atoms with Gasteiger partial charge in [-0.15, -0.1) is 4.91 Å². The third-order valence-corrected chi connectivity index (χ3v) is 2.38. The highest BCUT2D eigenvalue weighted by molar-refractivity contribution is 6.31. The molecule has 0 saturated carbocycles. The number of amides is 1. The maximum atomic E-state index is 10.9. The number of benzene rings is 1. The number of carbonyl (C=O) groups is 1. The highest BCUT2D eigenvalue weighted by atomic mass is 35.5. The first-order valence-electron chi connectivity index (χ1n) is 4.31. The number of carbonyl (C=O) groups excluding carboxylic acids is 1. The fourth-order valence-corrected chi connectivity index (χ4v) is 1.64. The van der Waals surface area contributed by atoms with Crippen molar-refractivity contribution < 1.29 is 4.79 Å². The second kappa shape index (κ2) is 3.82. The van der Waals surface area contributed by atoms with E-state index < -0.39 is 5.91 Å². The summed E-state index contributed by atoms with van der Waals surface area (Å²) in [5.74, 6) is -0.701. The van der Waals surface area contributed by atoms with Gasteiger partial charge in [-0.2, -0.15) is 0 Å². The van der Waals surface area contributed by atoms with Gasteiger partial charge in [-0.05, 0) is 23.6 Å². The first-order chi connectivity index (χ1) is 7.20. The van der Waals surface area contributed by atoms with Crippen LogP contribution in [0.1, 0.15) is 0 Å². The van der Waals surface area contributed by atoms with Crippen LogP contribution in [0.4, 0.5) is 0 Å². The van der Waals surface area contributed by atoms with Crippen molar-refractivity contribution in [1.29, 1.82) is 0 Å². The summed E-state index contributed by atoms with van der Waals surface area (Å²) in [6.45, 7) is -0.0483. The predicted molar refractivity (Wildman–Crippen MR) is 57.8 cm³/mol. The standard InChI is InChI=1S/C10H7ClN2O2/c11-8-2-1-7-3-4-13(9(7)5-8)6-10(14)12-15/h1-5H,6H2. The lowest BCUT2D eigenvalue weighted by molar-refractivity contribution is -0.118. The summed E-state index contributed by atoms with van der Waals surface area (Å²) in [6, 6.07) is 7.22. The zero-order chi connectivity index (χ0) is 10.8. The molecule has 0 atom stereocenters. The summed E-state index contributed by atoms with van der Waals surface area (Å²) in [7, 11) is 0. The Morgan fingerprint density at radius 1 is 1.40 bits per heavy atom. The van der Waals surface area contributed by atoms with Gasteiger partial charge in [0.05, 0.1) is 0 Å². The Labute approximate surface area is 90.4 Å². The van der Waals surface area contributed by atoms with Gasteiger partial charge >= 0.3 is 5.91 Å². The van der Waals surface area contributed by atoms with E-state index in [1.807, 2.05) is 12.1 Å². The summed E-state index contributed by atoms with van der Waals surface area (Å²) < 4.78 is 1.64. The van der Waals surface area contributed by atoms with Crippen LogP contribution in [0.25, 0.3) is 10.9 Å². The Balaban J connectivity index is 2.47. The topological polar surface area (TPSA) is 51.4 Å². The minimum Gasteiger partial charge on any atom is -0.338 e. The van der Waals surface area contributed by atoms with Gasteiger partial charge in [0.25, 0.3) is 0 Å². The van der Waals surface area contributed by atoms with Gasteiger partial charge in [0.2, 0.25) is 0 Å². The summed E-state index contributed by atoms with van der Waals surface area (Å²) in [6.07, 6.45) is 1.73. The quantitative estimate of drug-likeness (QED) is 0.734. The van der Waals surface area contributed by atoms with E-state index in [0.717, 1.165) is 10.9 Å². The second-order valence-corrected chi connectivity index (χ2v) is 3.57. The molecule has 2 rings (SSSR count). The molecule has 0 N–H and O–H groups in total. The number of hydrogen-bond acceptors (Lipinski definition) is 2. The van der Waals surface area contributed by atoms with Crippen molar-refractivity contribution in [3.8, 4) is 0 Å². The number of fused-ring (bicyclic) bond motifs is 1. The molecule has 0 spiro atoms. The van der Waals surface area contributed by atoms with E-state index in [0.29, 0.717) is 5.02 Å². The van der Waals surface area contributed by atoms with Crippen molar-refractivity contribution in [1.82, 2.24) is 4.57 Å². The van der Waals surface area contributed by atoms with E-state index in [2.05, 4.69) is 5.18 Å². The van der Waals surface area contributed by atoms with Crippen molar-refractivity contribution in [2.24, 2.45) is 5.18 Å². The van der Waals surface area contributed by atoms with Crippen molar-refractivity contribution >= 4 is 28.4 Å². The Bertz CT molecular complexity index is 533. The molecule has 1 aromatic carbocycles. The number of nitroso groups, excluding NO2 is 1. The van der Waals surface area contributed by atoms with Gasteiger partial charge in [0.15, 0.2) is 0 Å². The first kappa shape index (κ1) is 9.86. The Kier molecular flexibility index (Phi) is 2.51. The molecule has 2 aromatic rings. The molecular weight excluding hydrogens is 216 g/mol. The monoisotopic (exact) mass is 222 g/mol. The molecule has 0 aliphatic heterocycles. The average Bonchev–Trinajstić information content (AvgIpc) is 2.61. The Morgan fingerprint density at radius 3 is 2.93 bits per heavy atom. The van der Waals surface area contributed by atoms with E-state index in [-0.39, 0.29) is 6.54 Å². The van der Waals surface area contributed by atoms with E-state index >= 15 is 0 Å². The van der Waals surface area contributed by atoms with Crippen LogP contribution in [0.2, 0.25) is 5.02 Å². The molecule has 0 radical (unpaired) electrons. The van der Waals surface area contributed by atoms with Crippen LogP contribution in [-0.4, -0.2) is 10.5 Å². The maximum absolute atomic E-state index is 10.9. The van der Waals surface area contributed by atoms with Gasteiger partial charge in [-0.25, -0.2) is 0 Å². The largest absolute Gasteiger partial charge is 0.338 e. The highest BCUT2D eigenvalue weighted by Gasteiger charge is 2.06. The number of halogens is 1. The third-order valence-electron chi connectivity index (χ3n) is 2.14. The van der Waals surface area contributed by atoms with Crippen molar-refractivity contribution in [3.63, 3.8) is 0 Å². The summed E-state index contributed by atoms with van der Waals surface area (Å²) in [4.78, 5) is 20.9. The van der Waals surface area contributed by atoms with E-state index in [4.69, 9.17) is 11.6 Å². The first-order valence-corrected chi connectivity index (χ1v) is 4.69. The van der Waals surface area contributed by atoms with Crippen LogP contribution >= 0.6 is 11.6 Å². The van der Waals surface area contributed by atoms with Crippen molar-refractivity contribution in [3.05, 3.63) is 40.4 Å². The Hall–Kier alpha value is -1.68. The molecule has 76 valence electrons. The third kappa shape index (κ3) is 1.89. The molecule has 0 aliphatic carbocycles. The van der Waals surface area contributed by atoms with Gasteiger partial charge in [0, 0.05) is 21.9 Å². The molecular formula is C10H7ClN2O2. The molecule has 4 nitrogen and oxygen atoms in total. The molecule has 1 heterocycles. The number of rotatable bonds is 2. The molecule has 15 heavy (non-hydrogen) atoms. The predicted octanol–water partition coefficient (Wildman–Crippen LogP) is 2.59. The molecule has 0 saturated heterocycles. The molecule has 0 bridgehead atoms. The van der Waals surface area contributed by atoms with E-state index in [9.17, 15) is 9.70 Å². The molecule has 1 aromatic heterocycles. The number of hydrogen-bond donors (Lipinski definition) is 0. The van der Waals surface area contributed by atoms with Crippen LogP contribution in [0.3, 0.4) is 0 Å². The molecule has 1 amide bonds. The molecule has 0 unspecified atom stereocenters. The zero-order valence-electron chi connectivity index (χ0n) is 7.68. The molecule has 0 fully saturated rings. The van der Waals surface area contributed by atoms with Gasteiger partial charge < -0.3 is 4.57 Å². The van der Waals surface area contributed by atoms with E-state index in [1.54, 1.807) is 22.9 Å². The zero-order valence-corrected chi connectivity index (χ0v) is 8.44. The number of aromatic nitrogens is 1. The van der Waals surface area contributed by atoms with Gasteiger partial charge in [-0.1, -0.05) is 17.7 Å². The van der Waals surface area contributed by atoms with Crippen LogP contribution in [-0.2, 0) is 11.3 Å². The van der Waals surface area contributed by atoms with Crippen LogP contribution < -0.4 is 0 Å². The van der Waals surface area contributed by atoms with Crippen LogP contribution in [0, 0.1) is 4.91 Å². The summed E-state index contributed by atoms with van der Waals surface area (Å²) >= 11 is 5.83. The highest BCUT2D eigenvalue weighted by Crippen LogP contribution is 2.20. The summed E-state index contributed by atoms with van der Waals surface area (Å²) in [5, 5.41) is 3.91. The normalized spacial score (nSPS) is 10.5. The lowest BCUT2D eigenvalue weighted by atomic mass is 10.2. The minimum absolute atomic E-state index is 0.0483. The van der Waals surface area contributed by atoms with Crippen molar-refractivity contribution in [2.75, 3.05) is 0 Å². The summed E-state index contributed by atoms with van der Waals surface area (Å²) in [5.41, 5.74) is 0.819. The maximum Gasteiger partial charge on any atom is 0.305 e. The SMILES string of the molecule is O=NC(=O)Cn1ccc2ccc(Cl)cc21. The Morgan fingerprint density at radius 2 is 2.20 bits per heavy atom. The lowest BCUT2D eigenvalue weighted by Gasteiger charge is -2.00. The fraction of sp³-hybridized carbons (Fsp3) is 0.100.